The van der Waals surface area contributed by atoms with Crippen molar-refractivity contribution in [2.75, 3.05) is 19.5 Å². The van der Waals surface area contributed by atoms with E-state index in [2.05, 4.69) is 5.32 Å². The van der Waals surface area contributed by atoms with Gasteiger partial charge in [0.25, 0.3) is 0 Å². The first-order valence-electron chi connectivity index (χ1n) is 7.02. The van der Waals surface area contributed by atoms with E-state index in [4.69, 9.17) is 21.1 Å². The predicted octanol–water partition coefficient (Wildman–Crippen LogP) is 4.32. The zero-order valence-electron chi connectivity index (χ0n) is 13.2. The Balaban J connectivity index is 2.20. The molecule has 0 aliphatic heterocycles. The summed E-state index contributed by atoms with van der Waals surface area (Å²) in [5.41, 5.74) is 2.21. The van der Waals surface area contributed by atoms with Crippen LogP contribution in [0, 0.1) is 6.92 Å². The van der Waals surface area contributed by atoms with E-state index in [1.54, 1.807) is 50.6 Å². The molecule has 0 aliphatic carbocycles. The van der Waals surface area contributed by atoms with E-state index >= 15 is 0 Å². The maximum atomic E-state index is 12.1. The standard InChI is InChI=1S/C18H18ClNO3/c1-12-14(19)6-4-7-15(12)20-18(21)11-10-13-16(22-2)8-5-9-17(13)23-3/h4-11H,1-3H3,(H,20,21). The molecule has 2 aromatic rings. The van der Waals surface area contributed by atoms with Crippen molar-refractivity contribution in [1.29, 1.82) is 0 Å². The molecule has 0 atom stereocenters. The number of nitrogens with one attached hydrogen (secondary N) is 1. The number of amides is 1. The number of carbonyl (C=O) groups is 1. The first-order valence-corrected chi connectivity index (χ1v) is 7.39. The van der Waals surface area contributed by atoms with Crippen molar-refractivity contribution in [3.63, 3.8) is 0 Å². The van der Waals surface area contributed by atoms with Crippen molar-refractivity contribution in [3.8, 4) is 11.5 Å². The van der Waals surface area contributed by atoms with Crippen LogP contribution in [0.15, 0.2) is 42.5 Å². The first kappa shape index (κ1) is 16.9. The molecule has 1 amide bonds. The monoisotopic (exact) mass is 331 g/mol. The average Bonchev–Trinajstić information content (AvgIpc) is 2.56. The molecule has 0 saturated heterocycles. The van der Waals surface area contributed by atoms with Crippen LogP contribution in [-0.2, 0) is 4.79 Å². The van der Waals surface area contributed by atoms with Gasteiger partial charge in [0.15, 0.2) is 0 Å². The lowest BCUT2D eigenvalue weighted by atomic mass is 10.1. The van der Waals surface area contributed by atoms with Crippen molar-refractivity contribution in [2.45, 2.75) is 6.92 Å². The van der Waals surface area contributed by atoms with Crippen molar-refractivity contribution < 1.29 is 14.3 Å². The largest absolute Gasteiger partial charge is 0.496 e. The zero-order chi connectivity index (χ0) is 16.8. The lowest BCUT2D eigenvalue weighted by Crippen LogP contribution is -2.09. The summed E-state index contributed by atoms with van der Waals surface area (Å²) in [4.78, 5) is 12.1. The van der Waals surface area contributed by atoms with Crippen molar-refractivity contribution in [2.24, 2.45) is 0 Å². The number of methoxy groups -OCH3 is 2. The summed E-state index contributed by atoms with van der Waals surface area (Å²) in [7, 11) is 3.14. The van der Waals surface area contributed by atoms with Gasteiger partial charge in [0, 0.05) is 16.8 Å². The molecule has 5 heteroatoms. The normalized spacial score (nSPS) is 10.6. The highest BCUT2D eigenvalue weighted by Gasteiger charge is 2.08. The van der Waals surface area contributed by atoms with E-state index in [1.807, 2.05) is 13.0 Å². The van der Waals surface area contributed by atoms with Crippen molar-refractivity contribution >= 4 is 29.3 Å². The molecule has 0 heterocycles. The summed E-state index contributed by atoms with van der Waals surface area (Å²) in [6, 6.07) is 10.8. The molecule has 0 radical (unpaired) electrons. The van der Waals surface area contributed by atoms with Gasteiger partial charge in [0.1, 0.15) is 11.5 Å². The second-order valence-corrected chi connectivity index (χ2v) is 5.22. The third kappa shape index (κ3) is 4.05. The van der Waals surface area contributed by atoms with Gasteiger partial charge in [-0.3, -0.25) is 4.79 Å². The molecule has 0 unspecified atom stereocenters. The van der Waals surface area contributed by atoms with E-state index in [-0.39, 0.29) is 5.91 Å². The zero-order valence-corrected chi connectivity index (χ0v) is 14.0. The van der Waals surface area contributed by atoms with Crippen molar-refractivity contribution in [3.05, 3.63) is 58.6 Å². The molecule has 0 saturated carbocycles. The fourth-order valence-corrected chi connectivity index (χ4v) is 2.29. The van der Waals surface area contributed by atoms with Crippen LogP contribution in [-0.4, -0.2) is 20.1 Å². The van der Waals surface area contributed by atoms with Gasteiger partial charge in [-0.15, -0.1) is 0 Å². The summed E-state index contributed by atoms with van der Waals surface area (Å²) in [5.74, 6) is 1.00. The van der Waals surface area contributed by atoms with Crippen LogP contribution in [0.2, 0.25) is 5.02 Å². The number of anilines is 1. The van der Waals surface area contributed by atoms with Crippen LogP contribution in [0.5, 0.6) is 11.5 Å². The topological polar surface area (TPSA) is 47.6 Å². The van der Waals surface area contributed by atoms with Gasteiger partial charge in [0.2, 0.25) is 5.91 Å². The molecule has 2 aromatic carbocycles. The molecule has 0 bridgehead atoms. The molecule has 0 spiro atoms. The van der Waals surface area contributed by atoms with Gasteiger partial charge in [0.05, 0.1) is 19.8 Å². The number of hydrogen-bond acceptors (Lipinski definition) is 3. The van der Waals surface area contributed by atoms with E-state index in [1.165, 1.54) is 6.08 Å². The molecule has 4 nitrogen and oxygen atoms in total. The Bertz CT molecular complexity index is 719. The van der Waals surface area contributed by atoms with E-state index in [9.17, 15) is 4.79 Å². The number of carbonyl (C=O) groups excluding carboxylic acids is 1. The number of hydrogen-bond donors (Lipinski definition) is 1. The summed E-state index contributed by atoms with van der Waals surface area (Å²) in [6.07, 6.45) is 3.09. The smallest absolute Gasteiger partial charge is 0.248 e. The van der Waals surface area contributed by atoms with Gasteiger partial charge in [-0.1, -0.05) is 23.7 Å². The Morgan fingerprint density at radius 2 is 1.70 bits per heavy atom. The maximum absolute atomic E-state index is 12.1. The number of ether oxygens (including phenoxy) is 2. The summed E-state index contributed by atoms with van der Waals surface area (Å²) < 4.78 is 10.6. The lowest BCUT2D eigenvalue weighted by molar-refractivity contribution is -0.111. The molecule has 23 heavy (non-hydrogen) atoms. The van der Waals surface area contributed by atoms with Gasteiger partial charge >= 0.3 is 0 Å². The summed E-state index contributed by atoms with van der Waals surface area (Å²) in [6.45, 7) is 1.85. The maximum Gasteiger partial charge on any atom is 0.248 e. The average molecular weight is 332 g/mol. The minimum Gasteiger partial charge on any atom is -0.496 e. The number of halogens is 1. The fourth-order valence-electron chi connectivity index (χ4n) is 2.12. The van der Waals surface area contributed by atoms with Gasteiger partial charge in [-0.05, 0) is 42.8 Å². The Morgan fingerprint density at radius 1 is 1.09 bits per heavy atom. The number of rotatable bonds is 5. The minimum absolute atomic E-state index is 0.261. The molecule has 2 rings (SSSR count). The van der Waals surface area contributed by atoms with Crippen LogP contribution < -0.4 is 14.8 Å². The van der Waals surface area contributed by atoms with Crippen LogP contribution in [0.4, 0.5) is 5.69 Å². The molecule has 0 aromatic heterocycles. The number of benzene rings is 2. The fraction of sp³-hybridized carbons (Fsp3) is 0.167. The van der Waals surface area contributed by atoms with Crippen LogP contribution in [0.25, 0.3) is 6.08 Å². The quantitative estimate of drug-likeness (QED) is 0.830. The summed E-state index contributed by atoms with van der Waals surface area (Å²) >= 11 is 6.05. The third-order valence-corrected chi connectivity index (χ3v) is 3.80. The lowest BCUT2D eigenvalue weighted by Gasteiger charge is -2.10. The Kier molecular flexibility index (Phi) is 5.66. The Labute approximate surface area is 140 Å². The highest BCUT2D eigenvalue weighted by Crippen LogP contribution is 2.29. The molecular weight excluding hydrogens is 314 g/mol. The van der Waals surface area contributed by atoms with Gasteiger partial charge in [-0.2, -0.15) is 0 Å². The molecular formula is C18H18ClNO3. The van der Waals surface area contributed by atoms with Gasteiger partial charge in [-0.25, -0.2) is 0 Å². The summed E-state index contributed by atoms with van der Waals surface area (Å²) in [5, 5.41) is 3.41. The third-order valence-electron chi connectivity index (χ3n) is 3.39. The van der Waals surface area contributed by atoms with Crippen LogP contribution in [0.1, 0.15) is 11.1 Å². The second kappa shape index (κ2) is 7.70. The van der Waals surface area contributed by atoms with E-state index in [0.29, 0.717) is 27.8 Å². The SMILES string of the molecule is COc1cccc(OC)c1C=CC(=O)Nc1cccc(Cl)c1C. The van der Waals surface area contributed by atoms with Crippen LogP contribution in [0.3, 0.4) is 0 Å². The van der Waals surface area contributed by atoms with Crippen LogP contribution >= 0.6 is 11.6 Å². The molecule has 0 fully saturated rings. The molecule has 0 aliphatic rings. The van der Waals surface area contributed by atoms with E-state index in [0.717, 1.165) is 5.56 Å². The van der Waals surface area contributed by atoms with Gasteiger partial charge < -0.3 is 14.8 Å². The van der Waals surface area contributed by atoms with Crippen molar-refractivity contribution in [1.82, 2.24) is 0 Å². The molecule has 120 valence electrons. The predicted molar refractivity (Wildman–Crippen MR) is 93.4 cm³/mol. The highest BCUT2D eigenvalue weighted by molar-refractivity contribution is 6.31. The second-order valence-electron chi connectivity index (χ2n) is 4.81. The Hall–Kier alpha value is -2.46. The molecule has 1 N–H and O–H groups in total. The highest BCUT2D eigenvalue weighted by atomic mass is 35.5. The first-order chi connectivity index (χ1) is 11.1. The minimum atomic E-state index is -0.261. The van der Waals surface area contributed by atoms with E-state index < -0.39 is 0 Å². The Morgan fingerprint density at radius 3 is 2.30 bits per heavy atom.